The molecular formula is C13H18F3N5O3. The fourth-order valence-corrected chi connectivity index (χ4v) is 2.33. The number of nitrogens with zero attached hydrogens (tertiary/aromatic N) is 5. The Hall–Kier alpha value is -2.14. The van der Waals surface area contributed by atoms with Gasteiger partial charge in [-0.3, -0.25) is 13.9 Å². The highest BCUT2D eigenvalue weighted by Crippen LogP contribution is 2.20. The minimum atomic E-state index is -4.68. The minimum Gasteiger partial charge on any atom is -0.382 e. The normalized spacial score (nSPS) is 13.8. The van der Waals surface area contributed by atoms with Crippen molar-refractivity contribution >= 4 is 11.2 Å². The van der Waals surface area contributed by atoms with Gasteiger partial charge in [-0.25, -0.2) is 9.78 Å². The Morgan fingerprint density at radius 2 is 1.92 bits per heavy atom. The molecule has 0 saturated carbocycles. The highest BCUT2D eigenvalue weighted by Gasteiger charge is 2.38. The Kier molecular flexibility index (Phi) is 4.85. The summed E-state index contributed by atoms with van der Waals surface area (Å²) in [5.74, 6) is 0. The first-order valence-electron chi connectivity index (χ1n) is 7.08. The zero-order chi connectivity index (χ0) is 18.2. The molecule has 1 N–H and O–H groups in total. The Balaban J connectivity index is 2.20. The Morgan fingerprint density at radius 1 is 1.29 bits per heavy atom. The van der Waals surface area contributed by atoms with E-state index in [0.717, 1.165) is 4.57 Å². The van der Waals surface area contributed by atoms with Crippen molar-refractivity contribution in [3.8, 4) is 0 Å². The summed E-state index contributed by atoms with van der Waals surface area (Å²) in [6, 6.07) is 0. The molecule has 11 heteroatoms. The van der Waals surface area contributed by atoms with Gasteiger partial charge in [-0.2, -0.15) is 13.2 Å². The van der Waals surface area contributed by atoms with Crippen LogP contribution in [0.2, 0.25) is 0 Å². The number of likely N-dealkylation sites (N-methyl/N-ethyl adjacent to an activating group) is 1. The van der Waals surface area contributed by atoms with Crippen LogP contribution in [0.1, 0.15) is 0 Å². The van der Waals surface area contributed by atoms with Crippen molar-refractivity contribution in [1.82, 2.24) is 23.6 Å². The van der Waals surface area contributed by atoms with Gasteiger partial charge in [0.25, 0.3) is 5.56 Å². The van der Waals surface area contributed by atoms with Crippen molar-refractivity contribution < 1.29 is 18.3 Å². The molecule has 0 radical (unpaired) electrons. The van der Waals surface area contributed by atoms with E-state index < -0.39 is 30.1 Å². The molecule has 2 aromatic rings. The predicted octanol–water partition coefficient (Wildman–Crippen LogP) is -0.711. The van der Waals surface area contributed by atoms with Gasteiger partial charge in [0.15, 0.2) is 17.3 Å². The monoisotopic (exact) mass is 349 g/mol. The minimum absolute atomic E-state index is 0.157. The molecule has 0 bridgehead atoms. The molecule has 8 nitrogen and oxygen atoms in total. The summed E-state index contributed by atoms with van der Waals surface area (Å²) in [5.41, 5.74) is -0.628. The molecule has 2 aromatic heterocycles. The third-order valence-electron chi connectivity index (χ3n) is 3.80. The standard InChI is InChI=1S/C13H18F3N5O3/c1-18(6-8(22)13(14,15)16)4-5-21-7-17-10-9(21)11(23)20(3)12(24)19(10)2/h7-8,22H,4-6H2,1-3H3. The molecule has 1 unspecified atom stereocenters. The van der Waals surface area contributed by atoms with Crippen molar-refractivity contribution in [2.45, 2.75) is 18.8 Å². The fourth-order valence-electron chi connectivity index (χ4n) is 2.33. The smallest absolute Gasteiger partial charge is 0.382 e. The first-order chi connectivity index (χ1) is 11.0. The molecule has 0 aliphatic carbocycles. The van der Waals surface area contributed by atoms with Crippen LogP contribution in [0.4, 0.5) is 13.2 Å². The number of alkyl halides is 3. The molecule has 0 fully saturated rings. The predicted molar refractivity (Wildman–Crippen MR) is 79.8 cm³/mol. The summed E-state index contributed by atoms with van der Waals surface area (Å²) in [5, 5.41) is 9.06. The van der Waals surface area contributed by atoms with Crippen LogP contribution in [0.15, 0.2) is 15.9 Å². The van der Waals surface area contributed by atoms with E-state index in [1.807, 2.05) is 0 Å². The zero-order valence-electron chi connectivity index (χ0n) is 13.4. The number of aliphatic hydroxyl groups excluding tert-OH is 1. The maximum Gasteiger partial charge on any atom is 0.415 e. The number of imidazole rings is 1. The topological polar surface area (TPSA) is 85.3 Å². The van der Waals surface area contributed by atoms with E-state index >= 15 is 0 Å². The van der Waals surface area contributed by atoms with Crippen LogP contribution in [-0.4, -0.2) is 61.1 Å². The van der Waals surface area contributed by atoms with E-state index in [1.165, 1.54) is 41.5 Å². The number of aliphatic hydroxyl groups is 1. The van der Waals surface area contributed by atoms with Crippen LogP contribution in [0, 0.1) is 0 Å². The van der Waals surface area contributed by atoms with Crippen LogP contribution in [-0.2, 0) is 20.6 Å². The largest absolute Gasteiger partial charge is 0.415 e. The van der Waals surface area contributed by atoms with Crippen LogP contribution >= 0.6 is 0 Å². The number of aromatic nitrogens is 4. The van der Waals surface area contributed by atoms with Gasteiger partial charge in [-0.1, -0.05) is 0 Å². The lowest BCUT2D eigenvalue weighted by molar-refractivity contribution is -0.207. The lowest BCUT2D eigenvalue weighted by Gasteiger charge is -2.22. The van der Waals surface area contributed by atoms with Gasteiger partial charge in [-0.15, -0.1) is 0 Å². The second kappa shape index (κ2) is 6.40. The molecule has 0 aliphatic heterocycles. The second-order valence-electron chi connectivity index (χ2n) is 5.64. The summed E-state index contributed by atoms with van der Waals surface area (Å²) in [7, 11) is 4.25. The molecule has 2 rings (SSSR count). The van der Waals surface area contributed by atoms with E-state index in [4.69, 9.17) is 5.11 Å². The van der Waals surface area contributed by atoms with Gasteiger partial charge in [0.1, 0.15) is 0 Å². The van der Waals surface area contributed by atoms with Gasteiger partial charge in [0.2, 0.25) is 0 Å². The first-order valence-corrected chi connectivity index (χ1v) is 7.08. The molecular weight excluding hydrogens is 331 g/mol. The van der Waals surface area contributed by atoms with Gasteiger partial charge in [0, 0.05) is 33.7 Å². The third kappa shape index (κ3) is 3.36. The van der Waals surface area contributed by atoms with E-state index in [-0.39, 0.29) is 24.3 Å². The molecule has 1 atom stereocenters. The van der Waals surface area contributed by atoms with Crippen molar-refractivity contribution in [3.63, 3.8) is 0 Å². The van der Waals surface area contributed by atoms with E-state index in [0.29, 0.717) is 0 Å². The lowest BCUT2D eigenvalue weighted by atomic mass is 10.3. The number of fused-ring (bicyclic) bond motifs is 1. The number of hydrogen-bond acceptors (Lipinski definition) is 5. The molecule has 24 heavy (non-hydrogen) atoms. The maximum absolute atomic E-state index is 12.3. The quantitative estimate of drug-likeness (QED) is 0.771. The average Bonchev–Trinajstić information content (AvgIpc) is 2.92. The summed E-state index contributed by atoms with van der Waals surface area (Å²) >= 11 is 0. The summed E-state index contributed by atoms with van der Waals surface area (Å²) in [6.07, 6.45) is -5.75. The zero-order valence-corrected chi connectivity index (χ0v) is 13.4. The molecule has 2 heterocycles. The molecule has 0 aliphatic rings. The van der Waals surface area contributed by atoms with Gasteiger partial charge < -0.3 is 14.6 Å². The maximum atomic E-state index is 12.3. The van der Waals surface area contributed by atoms with E-state index in [9.17, 15) is 22.8 Å². The molecule has 134 valence electrons. The van der Waals surface area contributed by atoms with Crippen molar-refractivity contribution in [2.75, 3.05) is 20.1 Å². The highest BCUT2D eigenvalue weighted by molar-refractivity contribution is 5.69. The fraction of sp³-hybridized carbons (Fsp3) is 0.615. The number of aryl methyl sites for hydroxylation is 1. The Morgan fingerprint density at radius 3 is 2.50 bits per heavy atom. The van der Waals surface area contributed by atoms with E-state index in [2.05, 4.69) is 4.98 Å². The lowest BCUT2D eigenvalue weighted by Crippen LogP contribution is -2.40. The number of rotatable bonds is 5. The third-order valence-corrected chi connectivity index (χ3v) is 3.80. The second-order valence-corrected chi connectivity index (χ2v) is 5.64. The van der Waals surface area contributed by atoms with Crippen LogP contribution in [0.5, 0.6) is 0 Å². The molecule has 0 spiro atoms. The van der Waals surface area contributed by atoms with Crippen LogP contribution in [0.3, 0.4) is 0 Å². The van der Waals surface area contributed by atoms with Crippen molar-refractivity contribution in [1.29, 1.82) is 0 Å². The SMILES string of the molecule is CN(CCn1cnc2c1c(=O)n(C)c(=O)n2C)CC(O)C(F)(F)F. The molecule has 0 amide bonds. The van der Waals surface area contributed by atoms with Gasteiger partial charge in [0.05, 0.1) is 6.33 Å². The molecule has 0 aromatic carbocycles. The van der Waals surface area contributed by atoms with Crippen LogP contribution in [0.25, 0.3) is 11.2 Å². The summed E-state index contributed by atoms with van der Waals surface area (Å²) in [6.45, 7) is -0.234. The van der Waals surface area contributed by atoms with E-state index in [1.54, 1.807) is 0 Å². The molecule has 0 saturated heterocycles. The van der Waals surface area contributed by atoms with Crippen molar-refractivity contribution in [3.05, 3.63) is 27.2 Å². The highest BCUT2D eigenvalue weighted by atomic mass is 19.4. The summed E-state index contributed by atoms with van der Waals surface area (Å²) < 4.78 is 40.7. The van der Waals surface area contributed by atoms with Gasteiger partial charge >= 0.3 is 11.9 Å². The van der Waals surface area contributed by atoms with Crippen LogP contribution < -0.4 is 11.2 Å². The van der Waals surface area contributed by atoms with Crippen molar-refractivity contribution in [2.24, 2.45) is 14.1 Å². The number of hydrogen-bond donors (Lipinski definition) is 1. The Bertz CT molecular complexity index is 851. The average molecular weight is 349 g/mol. The summed E-state index contributed by atoms with van der Waals surface area (Å²) in [4.78, 5) is 29.4. The Labute approximate surface area is 134 Å². The first kappa shape index (κ1) is 18.2. The van der Waals surface area contributed by atoms with Gasteiger partial charge in [-0.05, 0) is 7.05 Å². The number of halogens is 3.